The zero-order valence-corrected chi connectivity index (χ0v) is 9.12. The first-order valence-corrected chi connectivity index (χ1v) is 4.71. The molecule has 4 nitrogen and oxygen atoms in total. The van der Waals surface area contributed by atoms with E-state index < -0.39 is 5.97 Å². The van der Waals surface area contributed by atoms with Crippen molar-refractivity contribution in [2.24, 2.45) is 0 Å². The molecule has 0 aliphatic rings. The maximum absolute atomic E-state index is 11.2. The fraction of sp³-hybridized carbons (Fsp3) is 0.455. The summed E-state index contributed by atoms with van der Waals surface area (Å²) in [5, 5.41) is 0. The van der Waals surface area contributed by atoms with Crippen LogP contribution in [0, 0.1) is 6.92 Å². The lowest BCUT2D eigenvalue weighted by molar-refractivity contribution is -0.117. The molecule has 0 aliphatic carbocycles. The number of ketones is 1. The number of aryl methyl sites for hydroxylation is 2. The third kappa shape index (κ3) is 2.94. The van der Waals surface area contributed by atoms with Crippen LogP contribution in [0.15, 0.2) is 10.5 Å². The second kappa shape index (κ2) is 4.77. The maximum Gasteiger partial charge on any atom is 0.341 e. The second-order valence-corrected chi connectivity index (χ2v) is 3.38. The molecule has 0 fully saturated rings. The van der Waals surface area contributed by atoms with Crippen molar-refractivity contribution in [3.8, 4) is 0 Å². The molecule has 1 heterocycles. The van der Waals surface area contributed by atoms with Crippen molar-refractivity contribution in [3.63, 3.8) is 0 Å². The molecule has 1 rings (SSSR count). The molecule has 0 unspecified atom stereocenters. The van der Waals surface area contributed by atoms with Crippen molar-refractivity contribution in [2.75, 3.05) is 7.11 Å². The highest BCUT2D eigenvalue weighted by Gasteiger charge is 2.15. The van der Waals surface area contributed by atoms with Gasteiger partial charge in [-0.15, -0.1) is 0 Å². The van der Waals surface area contributed by atoms with Crippen molar-refractivity contribution in [1.82, 2.24) is 0 Å². The molecule has 82 valence electrons. The number of hydrogen-bond donors (Lipinski definition) is 0. The molecule has 1 aromatic heterocycles. The van der Waals surface area contributed by atoms with Crippen molar-refractivity contribution >= 4 is 11.8 Å². The summed E-state index contributed by atoms with van der Waals surface area (Å²) in [5.41, 5.74) is 0.427. The Labute approximate surface area is 88.2 Å². The second-order valence-electron chi connectivity index (χ2n) is 3.38. The van der Waals surface area contributed by atoms with E-state index in [9.17, 15) is 9.59 Å². The van der Waals surface area contributed by atoms with E-state index in [1.54, 1.807) is 13.0 Å². The number of hydrogen-bond acceptors (Lipinski definition) is 4. The molecule has 15 heavy (non-hydrogen) atoms. The van der Waals surface area contributed by atoms with Crippen LogP contribution in [0.5, 0.6) is 0 Å². The molecule has 0 N–H and O–H groups in total. The summed E-state index contributed by atoms with van der Waals surface area (Å²) in [6.07, 6.45) is 0.945. The van der Waals surface area contributed by atoms with Gasteiger partial charge >= 0.3 is 5.97 Å². The number of esters is 1. The summed E-state index contributed by atoms with van der Waals surface area (Å²) in [6, 6.07) is 1.63. The largest absolute Gasteiger partial charge is 0.465 e. The van der Waals surface area contributed by atoms with Gasteiger partial charge in [0, 0.05) is 12.8 Å². The highest BCUT2D eigenvalue weighted by atomic mass is 16.5. The Bertz CT molecular complexity index is 376. The molecule has 0 aliphatic heterocycles. The van der Waals surface area contributed by atoms with Gasteiger partial charge in [0.2, 0.25) is 0 Å². The lowest BCUT2D eigenvalue weighted by Crippen LogP contribution is -2.00. The zero-order chi connectivity index (χ0) is 11.4. The van der Waals surface area contributed by atoms with Gasteiger partial charge in [-0.05, 0) is 19.9 Å². The standard InChI is InChI=1S/C11H14O4/c1-7(12)4-5-9-6-10(8(2)15-9)11(13)14-3/h6H,4-5H2,1-3H3. The van der Waals surface area contributed by atoms with E-state index in [0.717, 1.165) is 0 Å². The molecule has 0 aromatic carbocycles. The number of rotatable bonds is 4. The van der Waals surface area contributed by atoms with Crippen molar-refractivity contribution < 1.29 is 18.7 Å². The summed E-state index contributed by atoms with van der Waals surface area (Å²) in [7, 11) is 1.32. The van der Waals surface area contributed by atoms with E-state index in [1.165, 1.54) is 14.0 Å². The third-order valence-corrected chi connectivity index (χ3v) is 2.10. The van der Waals surface area contributed by atoms with Crippen LogP contribution in [0.25, 0.3) is 0 Å². The molecule has 0 amide bonds. The van der Waals surface area contributed by atoms with Crippen LogP contribution in [0.2, 0.25) is 0 Å². The van der Waals surface area contributed by atoms with E-state index >= 15 is 0 Å². The highest BCUT2D eigenvalue weighted by Crippen LogP contribution is 2.16. The van der Waals surface area contributed by atoms with E-state index in [4.69, 9.17) is 4.42 Å². The van der Waals surface area contributed by atoms with Gasteiger partial charge < -0.3 is 13.9 Å². The monoisotopic (exact) mass is 210 g/mol. The Balaban J connectivity index is 2.76. The fourth-order valence-electron chi connectivity index (χ4n) is 1.28. The summed E-state index contributed by atoms with van der Waals surface area (Å²) in [5.74, 6) is 0.859. The van der Waals surface area contributed by atoms with Crippen molar-refractivity contribution in [1.29, 1.82) is 0 Å². The van der Waals surface area contributed by atoms with Gasteiger partial charge in [0.15, 0.2) is 0 Å². The number of methoxy groups -OCH3 is 1. The first kappa shape index (κ1) is 11.5. The quantitative estimate of drug-likeness (QED) is 0.712. The highest BCUT2D eigenvalue weighted by molar-refractivity contribution is 5.90. The lowest BCUT2D eigenvalue weighted by atomic mass is 10.2. The summed E-state index contributed by atoms with van der Waals surface area (Å²) < 4.78 is 9.93. The van der Waals surface area contributed by atoms with Crippen LogP contribution in [0.4, 0.5) is 0 Å². The van der Waals surface area contributed by atoms with E-state index in [0.29, 0.717) is 29.9 Å². The SMILES string of the molecule is COC(=O)c1cc(CCC(C)=O)oc1C. The Hall–Kier alpha value is -1.58. The Morgan fingerprint density at radius 1 is 1.47 bits per heavy atom. The normalized spacial score (nSPS) is 10.1. The first-order valence-electron chi connectivity index (χ1n) is 4.71. The minimum absolute atomic E-state index is 0.101. The van der Waals surface area contributed by atoms with E-state index in [-0.39, 0.29) is 5.78 Å². The molecule has 0 saturated heterocycles. The average Bonchev–Trinajstić information content (AvgIpc) is 2.55. The van der Waals surface area contributed by atoms with Gasteiger partial charge in [-0.2, -0.15) is 0 Å². The van der Waals surface area contributed by atoms with E-state index in [1.807, 2.05) is 0 Å². The average molecular weight is 210 g/mol. The first-order chi connectivity index (χ1) is 7.04. The molecule has 0 atom stereocenters. The van der Waals surface area contributed by atoms with Crippen molar-refractivity contribution in [3.05, 3.63) is 23.2 Å². The number of carbonyl (C=O) groups is 2. The molecule has 4 heteroatoms. The molecular formula is C11H14O4. The summed E-state index contributed by atoms with van der Waals surface area (Å²) in [6.45, 7) is 3.22. The Morgan fingerprint density at radius 3 is 2.67 bits per heavy atom. The molecule has 1 aromatic rings. The number of Topliss-reactive ketones (excluding diaryl/α,β-unsaturated/α-hetero) is 1. The molecular weight excluding hydrogens is 196 g/mol. The van der Waals surface area contributed by atoms with Gasteiger partial charge in [-0.1, -0.05) is 0 Å². The third-order valence-electron chi connectivity index (χ3n) is 2.10. The summed E-state index contributed by atoms with van der Waals surface area (Å²) >= 11 is 0. The van der Waals surface area contributed by atoms with Crippen LogP contribution < -0.4 is 0 Å². The fourth-order valence-corrected chi connectivity index (χ4v) is 1.28. The van der Waals surface area contributed by atoms with Crippen molar-refractivity contribution in [2.45, 2.75) is 26.7 Å². The van der Waals surface area contributed by atoms with Crippen LogP contribution in [-0.4, -0.2) is 18.9 Å². The maximum atomic E-state index is 11.2. The minimum Gasteiger partial charge on any atom is -0.465 e. The zero-order valence-electron chi connectivity index (χ0n) is 9.12. The van der Waals surface area contributed by atoms with Crippen LogP contribution in [0.3, 0.4) is 0 Å². The predicted octanol–water partition coefficient (Wildman–Crippen LogP) is 1.90. The molecule has 0 spiro atoms. The number of furan rings is 1. The van der Waals surface area contributed by atoms with Gasteiger partial charge in [0.25, 0.3) is 0 Å². The lowest BCUT2D eigenvalue weighted by Gasteiger charge is -1.93. The van der Waals surface area contributed by atoms with Crippen LogP contribution in [0.1, 0.15) is 35.2 Å². The molecule has 0 saturated carbocycles. The van der Waals surface area contributed by atoms with Gasteiger partial charge in [0.05, 0.1) is 7.11 Å². The van der Waals surface area contributed by atoms with Gasteiger partial charge in [0.1, 0.15) is 22.9 Å². The van der Waals surface area contributed by atoms with Crippen LogP contribution >= 0.6 is 0 Å². The van der Waals surface area contributed by atoms with Gasteiger partial charge in [-0.3, -0.25) is 0 Å². The number of carbonyl (C=O) groups excluding carboxylic acids is 2. The molecule has 0 radical (unpaired) electrons. The van der Waals surface area contributed by atoms with Gasteiger partial charge in [-0.25, -0.2) is 4.79 Å². The van der Waals surface area contributed by atoms with Crippen LogP contribution in [-0.2, 0) is 16.0 Å². The summed E-state index contributed by atoms with van der Waals surface area (Å²) in [4.78, 5) is 22.0. The number of ether oxygens (including phenoxy) is 1. The van der Waals surface area contributed by atoms with E-state index in [2.05, 4.69) is 4.74 Å². The topological polar surface area (TPSA) is 56.5 Å². The Kier molecular flexibility index (Phi) is 3.66. The predicted molar refractivity (Wildman–Crippen MR) is 53.8 cm³/mol. The molecule has 0 bridgehead atoms. The minimum atomic E-state index is -0.412. The Morgan fingerprint density at radius 2 is 2.13 bits per heavy atom. The smallest absolute Gasteiger partial charge is 0.341 e.